The first-order valence-electron chi connectivity index (χ1n) is 11.1. The van der Waals surface area contributed by atoms with E-state index in [0.717, 1.165) is 45.6 Å². The lowest BCUT2D eigenvalue weighted by Crippen LogP contribution is -2.59. The van der Waals surface area contributed by atoms with Gasteiger partial charge in [0.2, 0.25) is 0 Å². The molecule has 4 unspecified atom stereocenters. The highest BCUT2D eigenvalue weighted by Crippen LogP contribution is 2.27. The zero-order chi connectivity index (χ0) is 18.9. The fourth-order valence-corrected chi connectivity index (χ4v) is 5.74. The molecule has 2 aliphatic heterocycles. The molecule has 1 aromatic rings. The predicted octanol–water partition coefficient (Wildman–Crippen LogP) is 1.52. The number of nitrogens with zero attached hydrogens (tertiary/aromatic N) is 2. The highest BCUT2D eigenvalue weighted by molar-refractivity contribution is 5.74. The van der Waals surface area contributed by atoms with Crippen molar-refractivity contribution in [2.24, 2.45) is 5.92 Å². The smallest absolute Gasteiger partial charge is 0.317 e. The number of rotatable bonds is 2. The number of aryl methyl sites for hydroxylation is 1. The van der Waals surface area contributed by atoms with E-state index in [9.17, 15) is 4.79 Å². The van der Waals surface area contributed by atoms with E-state index in [1.807, 2.05) is 4.90 Å². The minimum Gasteiger partial charge on any atom is -0.334 e. The third-order valence-corrected chi connectivity index (χ3v) is 7.41. The van der Waals surface area contributed by atoms with Gasteiger partial charge in [-0.3, -0.25) is 15.8 Å². The quantitative estimate of drug-likeness (QED) is 0.725. The average molecular weight is 384 g/mol. The van der Waals surface area contributed by atoms with Gasteiger partial charge in [0.05, 0.1) is 0 Å². The first kappa shape index (κ1) is 18.4. The fraction of sp³-hybridized carbons (Fsp3) is 0.682. The van der Waals surface area contributed by atoms with E-state index in [1.165, 1.54) is 36.8 Å². The Bertz CT molecular complexity index is 702. The van der Waals surface area contributed by atoms with Crippen molar-refractivity contribution in [2.45, 2.75) is 56.7 Å². The molecule has 3 N–H and O–H groups in total. The van der Waals surface area contributed by atoms with Crippen LogP contribution in [-0.2, 0) is 12.8 Å². The first-order valence-corrected chi connectivity index (χ1v) is 11.1. The van der Waals surface area contributed by atoms with Crippen LogP contribution in [0.2, 0.25) is 0 Å². The Balaban J connectivity index is 1.13. The van der Waals surface area contributed by atoms with Crippen LogP contribution in [0.4, 0.5) is 4.79 Å². The molecular weight excluding hydrogens is 350 g/mol. The monoisotopic (exact) mass is 383 g/mol. The van der Waals surface area contributed by atoms with Gasteiger partial charge < -0.3 is 10.2 Å². The van der Waals surface area contributed by atoms with Crippen LogP contribution >= 0.6 is 0 Å². The second-order valence-electron chi connectivity index (χ2n) is 8.99. The van der Waals surface area contributed by atoms with Crippen LogP contribution in [0.1, 0.15) is 36.8 Å². The number of amides is 2. The molecule has 4 aliphatic rings. The molecule has 0 bridgehead atoms. The lowest BCUT2D eigenvalue weighted by atomic mass is 9.82. The van der Waals surface area contributed by atoms with Crippen molar-refractivity contribution in [3.8, 4) is 0 Å². The number of piperazine rings is 1. The Kier molecular flexibility index (Phi) is 5.26. The van der Waals surface area contributed by atoms with Crippen LogP contribution < -0.4 is 16.2 Å². The highest BCUT2D eigenvalue weighted by Gasteiger charge is 2.38. The second-order valence-corrected chi connectivity index (χ2v) is 8.99. The molecule has 2 amide bonds. The van der Waals surface area contributed by atoms with Gasteiger partial charge in [0.25, 0.3) is 0 Å². The molecule has 6 heteroatoms. The molecule has 2 saturated heterocycles. The van der Waals surface area contributed by atoms with Gasteiger partial charge in [0.15, 0.2) is 0 Å². The summed E-state index contributed by atoms with van der Waals surface area (Å²) in [6, 6.07) is 10.3. The maximum absolute atomic E-state index is 12.8. The summed E-state index contributed by atoms with van der Waals surface area (Å²) in [6.07, 6.45) is 7.15. The van der Waals surface area contributed by atoms with E-state index in [-0.39, 0.29) is 12.1 Å². The van der Waals surface area contributed by atoms with Gasteiger partial charge in [-0.1, -0.05) is 30.7 Å². The molecular formula is C22H33N5O. The van der Waals surface area contributed by atoms with Crippen LogP contribution in [-0.4, -0.2) is 66.7 Å². The number of hydrogen-bond donors (Lipinski definition) is 3. The van der Waals surface area contributed by atoms with Crippen LogP contribution in [0.3, 0.4) is 0 Å². The van der Waals surface area contributed by atoms with E-state index in [4.69, 9.17) is 0 Å². The van der Waals surface area contributed by atoms with Gasteiger partial charge in [0.1, 0.15) is 0 Å². The number of carbonyl (C=O) groups is 1. The molecule has 0 radical (unpaired) electrons. The van der Waals surface area contributed by atoms with E-state index < -0.39 is 0 Å². The number of carbonyl (C=O) groups excluding carboxylic acids is 1. The summed E-state index contributed by atoms with van der Waals surface area (Å²) < 4.78 is 0. The topological polar surface area (TPSA) is 59.6 Å². The lowest BCUT2D eigenvalue weighted by molar-refractivity contribution is 0.0982. The third-order valence-electron chi connectivity index (χ3n) is 7.41. The molecule has 4 atom stereocenters. The van der Waals surface area contributed by atoms with Crippen molar-refractivity contribution in [1.29, 1.82) is 0 Å². The molecule has 3 fully saturated rings. The van der Waals surface area contributed by atoms with Crippen molar-refractivity contribution in [1.82, 2.24) is 26.0 Å². The Morgan fingerprint density at radius 1 is 1.04 bits per heavy atom. The molecule has 0 aromatic heterocycles. The Morgan fingerprint density at radius 3 is 2.71 bits per heavy atom. The molecule has 28 heavy (non-hydrogen) atoms. The van der Waals surface area contributed by atoms with Gasteiger partial charge >= 0.3 is 6.03 Å². The Hall–Kier alpha value is -1.63. The summed E-state index contributed by atoms with van der Waals surface area (Å²) in [4.78, 5) is 17.5. The number of hydrogen-bond acceptors (Lipinski definition) is 4. The van der Waals surface area contributed by atoms with Gasteiger partial charge in [-0.25, -0.2) is 4.79 Å². The number of urea groups is 1. The van der Waals surface area contributed by atoms with Crippen LogP contribution in [0.25, 0.3) is 0 Å². The molecule has 152 valence electrons. The summed E-state index contributed by atoms with van der Waals surface area (Å²) >= 11 is 0. The van der Waals surface area contributed by atoms with Crippen molar-refractivity contribution < 1.29 is 4.79 Å². The number of nitrogens with one attached hydrogen (secondary N) is 3. The van der Waals surface area contributed by atoms with Crippen LogP contribution in [0, 0.1) is 5.92 Å². The van der Waals surface area contributed by atoms with Gasteiger partial charge in [-0.15, -0.1) is 0 Å². The maximum Gasteiger partial charge on any atom is 0.317 e. The SMILES string of the molecule is O=C(NC1CCCC2CNNC21)N1CCN(C2CCc3ccccc3C2)CC1. The first-order chi connectivity index (χ1) is 13.8. The summed E-state index contributed by atoms with van der Waals surface area (Å²) in [5, 5.41) is 3.33. The zero-order valence-electron chi connectivity index (χ0n) is 16.7. The van der Waals surface area contributed by atoms with E-state index >= 15 is 0 Å². The molecule has 1 aromatic carbocycles. The average Bonchev–Trinajstić information content (AvgIpc) is 3.23. The normalized spacial score (nSPS) is 33.2. The van der Waals surface area contributed by atoms with E-state index in [1.54, 1.807) is 0 Å². The number of fused-ring (bicyclic) bond motifs is 2. The molecule has 6 nitrogen and oxygen atoms in total. The number of hydrazine groups is 1. The zero-order valence-corrected chi connectivity index (χ0v) is 16.7. The molecule has 0 spiro atoms. The largest absolute Gasteiger partial charge is 0.334 e. The highest BCUT2D eigenvalue weighted by atomic mass is 16.2. The minimum atomic E-state index is 0.132. The lowest BCUT2D eigenvalue weighted by Gasteiger charge is -2.42. The molecule has 2 aliphatic carbocycles. The molecule has 2 heterocycles. The summed E-state index contributed by atoms with van der Waals surface area (Å²) in [7, 11) is 0. The van der Waals surface area contributed by atoms with Gasteiger partial charge in [0, 0.05) is 50.8 Å². The minimum absolute atomic E-state index is 0.132. The van der Waals surface area contributed by atoms with Gasteiger partial charge in [-0.2, -0.15) is 0 Å². The fourth-order valence-electron chi connectivity index (χ4n) is 5.74. The van der Waals surface area contributed by atoms with Crippen molar-refractivity contribution in [3.05, 3.63) is 35.4 Å². The van der Waals surface area contributed by atoms with Gasteiger partial charge in [-0.05, 0) is 49.1 Å². The maximum atomic E-state index is 12.8. The predicted molar refractivity (Wildman–Crippen MR) is 110 cm³/mol. The summed E-state index contributed by atoms with van der Waals surface area (Å²) in [6.45, 7) is 4.71. The van der Waals surface area contributed by atoms with Crippen LogP contribution in [0.15, 0.2) is 24.3 Å². The summed E-state index contributed by atoms with van der Waals surface area (Å²) in [5.74, 6) is 0.657. The van der Waals surface area contributed by atoms with E-state index in [0.29, 0.717) is 18.0 Å². The second kappa shape index (κ2) is 8.01. The van der Waals surface area contributed by atoms with Crippen molar-refractivity contribution in [3.63, 3.8) is 0 Å². The Labute approximate surface area is 168 Å². The van der Waals surface area contributed by atoms with Crippen molar-refractivity contribution in [2.75, 3.05) is 32.7 Å². The standard InChI is InChI=1S/C22H33N5O/c28-22(24-20-7-3-6-18-15-23-25-21(18)20)27-12-10-26(11-13-27)19-9-8-16-4-1-2-5-17(16)14-19/h1-2,4-5,18-21,23,25H,3,6-15H2,(H,24,28). The third kappa shape index (κ3) is 3.65. The summed E-state index contributed by atoms with van der Waals surface area (Å²) in [5.41, 5.74) is 9.70. The van der Waals surface area contributed by atoms with Crippen LogP contribution in [0.5, 0.6) is 0 Å². The van der Waals surface area contributed by atoms with Crippen molar-refractivity contribution >= 4 is 6.03 Å². The number of benzene rings is 1. The van der Waals surface area contributed by atoms with E-state index in [2.05, 4.69) is 45.3 Å². The molecule has 5 rings (SSSR count). The Morgan fingerprint density at radius 2 is 1.86 bits per heavy atom. The molecule has 1 saturated carbocycles.